The second-order valence-electron chi connectivity index (χ2n) is 4.45. The van der Waals surface area contributed by atoms with Crippen LogP contribution in [-0.4, -0.2) is 19.3 Å². The van der Waals surface area contributed by atoms with E-state index >= 15 is 0 Å². The molecule has 0 spiro atoms. The van der Waals surface area contributed by atoms with Crippen LogP contribution >= 0.6 is 0 Å². The Morgan fingerprint density at radius 3 is 2.69 bits per heavy atom. The van der Waals surface area contributed by atoms with Crippen molar-refractivity contribution in [3.05, 3.63) is 42.0 Å². The third kappa shape index (κ3) is 2.27. The molecule has 0 N–H and O–H groups in total. The van der Waals surface area contributed by atoms with E-state index in [2.05, 4.69) is 36.4 Å². The molecule has 0 bridgehead atoms. The number of benzene rings is 1. The van der Waals surface area contributed by atoms with Crippen LogP contribution in [0.25, 0.3) is 0 Å². The quantitative estimate of drug-likeness (QED) is 0.570. The van der Waals surface area contributed by atoms with Gasteiger partial charge in [0.05, 0.1) is 6.61 Å². The molecule has 0 radical (unpaired) electrons. The number of rotatable bonds is 4. The molecule has 84 valence electrons. The molecule has 1 fully saturated rings. The summed E-state index contributed by atoms with van der Waals surface area (Å²) in [6.45, 7) is 1.54. The highest BCUT2D eigenvalue weighted by atomic mass is 16.6. The number of hydrogen-bond donors (Lipinski definition) is 0. The molecule has 1 aliphatic carbocycles. The Kier molecular flexibility index (Phi) is 2.66. The van der Waals surface area contributed by atoms with Gasteiger partial charge in [-0.2, -0.15) is 0 Å². The monoisotopic (exact) mass is 216 g/mol. The van der Waals surface area contributed by atoms with Crippen LogP contribution in [0.15, 0.2) is 36.4 Å². The molecule has 1 aromatic rings. The highest BCUT2D eigenvalue weighted by molar-refractivity contribution is 5.32. The van der Waals surface area contributed by atoms with Crippen molar-refractivity contribution >= 4 is 0 Å². The van der Waals surface area contributed by atoms with E-state index in [4.69, 9.17) is 9.47 Å². The topological polar surface area (TPSA) is 21.8 Å². The molecule has 1 heterocycles. The van der Waals surface area contributed by atoms with E-state index in [0.717, 1.165) is 12.4 Å². The molecular formula is C14H16O2. The highest BCUT2D eigenvalue weighted by Crippen LogP contribution is 2.29. The Morgan fingerprint density at radius 2 is 2.06 bits per heavy atom. The van der Waals surface area contributed by atoms with Crippen LogP contribution in [0.4, 0.5) is 0 Å². The fraction of sp³-hybridized carbons (Fsp3) is 0.429. The van der Waals surface area contributed by atoms with E-state index in [1.807, 2.05) is 0 Å². The van der Waals surface area contributed by atoms with Gasteiger partial charge in [0.1, 0.15) is 18.5 Å². The van der Waals surface area contributed by atoms with E-state index in [1.165, 1.54) is 18.4 Å². The zero-order valence-electron chi connectivity index (χ0n) is 9.26. The van der Waals surface area contributed by atoms with Gasteiger partial charge >= 0.3 is 0 Å². The second kappa shape index (κ2) is 4.30. The first-order chi connectivity index (χ1) is 7.92. The van der Waals surface area contributed by atoms with Crippen molar-refractivity contribution in [2.75, 3.05) is 13.2 Å². The van der Waals surface area contributed by atoms with Crippen molar-refractivity contribution in [2.24, 2.45) is 0 Å². The van der Waals surface area contributed by atoms with Gasteiger partial charge in [0.25, 0.3) is 0 Å². The summed E-state index contributed by atoms with van der Waals surface area (Å²) < 4.78 is 10.7. The van der Waals surface area contributed by atoms with Crippen molar-refractivity contribution in [2.45, 2.75) is 24.9 Å². The van der Waals surface area contributed by atoms with Crippen LogP contribution in [0.2, 0.25) is 0 Å². The predicted octanol–water partition coefficient (Wildman–Crippen LogP) is 2.90. The van der Waals surface area contributed by atoms with Gasteiger partial charge in [0.2, 0.25) is 0 Å². The fourth-order valence-corrected chi connectivity index (χ4v) is 2.07. The lowest BCUT2D eigenvalue weighted by Gasteiger charge is -2.09. The normalized spacial score (nSPS) is 27.0. The van der Waals surface area contributed by atoms with Crippen LogP contribution in [0.3, 0.4) is 0 Å². The Bertz CT molecular complexity index is 376. The van der Waals surface area contributed by atoms with E-state index in [-0.39, 0.29) is 0 Å². The first kappa shape index (κ1) is 9.91. The van der Waals surface area contributed by atoms with E-state index in [1.54, 1.807) is 0 Å². The van der Waals surface area contributed by atoms with Crippen LogP contribution in [0.1, 0.15) is 24.3 Å². The lowest BCUT2D eigenvalue weighted by Crippen LogP contribution is -2.04. The summed E-state index contributed by atoms with van der Waals surface area (Å²) in [5.41, 5.74) is 1.39. The Hall–Kier alpha value is -1.28. The highest BCUT2D eigenvalue weighted by Gasteiger charge is 2.23. The number of epoxide rings is 1. The number of ether oxygens (including phenoxy) is 2. The minimum absolute atomic E-state index is 0.331. The third-order valence-electron chi connectivity index (χ3n) is 3.16. The van der Waals surface area contributed by atoms with Crippen LogP contribution < -0.4 is 4.74 Å². The summed E-state index contributed by atoms with van der Waals surface area (Å²) in [6.07, 6.45) is 7.35. The summed E-state index contributed by atoms with van der Waals surface area (Å²) >= 11 is 0. The average molecular weight is 216 g/mol. The van der Waals surface area contributed by atoms with Gasteiger partial charge in [-0.05, 0) is 30.5 Å². The Balaban J connectivity index is 1.61. The standard InChI is InChI=1S/C14H16O2/c1-2-4-11(3-1)12-5-7-13(8-6-12)15-9-14-10-16-14/h1,3,5-8,11,14H,2,4,9-10H2. The zero-order chi connectivity index (χ0) is 10.8. The minimum atomic E-state index is 0.331. The molecule has 2 nitrogen and oxygen atoms in total. The molecule has 2 atom stereocenters. The van der Waals surface area contributed by atoms with Gasteiger partial charge in [-0.1, -0.05) is 24.3 Å². The molecule has 0 aromatic heterocycles. The third-order valence-corrected chi connectivity index (χ3v) is 3.16. The number of hydrogen-bond acceptors (Lipinski definition) is 2. The molecule has 1 aromatic carbocycles. The summed E-state index contributed by atoms with van der Waals surface area (Å²) in [6, 6.07) is 8.46. The van der Waals surface area contributed by atoms with Crippen LogP contribution in [0.5, 0.6) is 5.75 Å². The maximum Gasteiger partial charge on any atom is 0.119 e. The molecular weight excluding hydrogens is 200 g/mol. The Labute approximate surface area is 95.9 Å². The molecule has 0 saturated carbocycles. The molecule has 3 rings (SSSR count). The molecule has 2 heteroatoms. The van der Waals surface area contributed by atoms with Gasteiger partial charge < -0.3 is 9.47 Å². The van der Waals surface area contributed by atoms with E-state index < -0.39 is 0 Å². The van der Waals surface area contributed by atoms with E-state index in [9.17, 15) is 0 Å². The Morgan fingerprint density at radius 1 is 1.25 bits per heavy atom. The zero-order valence-corrected chi connectivity index (χ0v) is 9.26. The molecule has 0 amide bonds. The van der Waals surface area contributed by atoms with Crippen molar-refractivity contribution in [1.29, 1.82) is 0 Å². The summed E-state index contributed by atoms with van der Waals surface area (Å²) in [7, 11) is 0. The summed E-state index contributed by atoms with van der Waals surface area (Å²) in [5.74, 6) is 1.56. The molecule has 16 heavy (non-hydrogen) atoms. The number of allylic oxidation sites excluding steroid dienone is 2. The van der Waals surface area contributed by atoms with Gasteiger partial charge in [0.15, 0.2) is 0 Å². The van der Waals surface area contributed by atoms with Gasteiger partial charge in [-0.25, -0.2) is 0 Å². The summed E-state index contributed by atoms with van der Waals surface area (Å²) in [5, 5.41) is 0. The van der Waals surface area contributed by atoms with Crippen LogP contribution in [0, 0.1) is 0 Å². The van der Waals surface area contributed by atoms with Gasteiger partial charge in [0, 0.05) is 5.92 Å². The van der Waals surface area contributed by atoms with Crippen molar-refractivity contribution in [3.63, 3.8) is 0 Å². The van der Waals surface area contributed by atoms with Gasteiger partial charge in [-0.3, -0.25) is 0 Å². The first-order valence-electron chi connectivity index (χ1n) is 5.93. The SMILES string of the molecule is C1=CC(c2ccc(OCC3CO3)cc2)CC1. The van der Waals surface area contributed by atoms with Crippen LogP contribution in [-0.2, 0) is 4.74 Å². The molecule has 2 unspecified atom stereocenters. The average Bonchev–Trinajstić information content (AvgIpc) is 3.00. The van der Waals surface area contributed by atoms with Crippen molar-refractivity contribution < 1.29 is 9.47 Å². The summed E-state index contributed by atoms with van der Waals surface area (Å²) in [4.78, 5) is 0. The smallest absolute Gasteiger partial charge is 0.119 e. The lowest BCUT2D eigenvalue weighted by atomic mass is 9.99. The predicted molar refractivity (Wildman–Crippen MR) is 62.8 cm³/mol. The largest absolute Gasteiger partial charge is 0.491 e. The second-order valence-corrected chi connectivity index (χ2v) is 4.45. The maximum absolute atomic E-state index is 5.60. The fourth-order valence-electron chi connectivity index (χ4n) is 2.07. The molecule has 2 aliphatic rings. The van der Waals surface area contributed by atoms with E-state index in [0.29, 0.717) is 18.6 Å². The van der Waals surface area contributed by atoms with Crippen molar-refractivity contribution in [3.8, 4) is 5.75 Å². The maximum atomic E-state index is 5.60. The minimum Gasteiger partial charge on any atom is -0.491 e. The van der Waals surface area contributed by atoms with Crippen molar-refractivity contribution in [1.82, 2.24) is 0 Å². The van der Waals surface area contributed by atoms with Gasteiger partial charge in [-0.15, -0.1) is 0 Å². The lowest BCUT2D eigenvalue weighted by molar-refractivity contribution is 0.263. The molecule has 1 saturated heterocycles. The first-order valence-corrected chi connectivity index (χ1v) is 5.93. The molecule has 1 aliphatic heterocycles.